The number of carbonyl (C=O) groups excluding carboxylic acids is 1. The van der Waals surface area contributed by atoms with Crippen molar-refractivity contribution in [1.29, 1.82) is 0 Å². The van der Waals surface area contributed by atoms with Crippen molar-refractivity contribution < 1.29 is 19.1 Å². The number of nitrogens with one attached hydrogen (secondary N) is 1. The van der Waals surface area contributed by atoms with Gasteiger partial charge in [0.25, 0.3) is 5.91 Å². The number of aromatic nitrogens is 1. The maximum Gasteiger partial charge on any atom is 0.262 e. The Morgan fingerprint density at radius 2 is 1.90 bits per heavy atom. The molecule has 4 aromatic rings. The zero-order valence-corrected chi connectivity index (χ0v) is 18.0. The number of aryl methyl sites for hydroxylation is 2. The molecule has 30 heavy (non-hydrogen) atoms. The average Bonchev–Trinajstić information content (AvgIpc) is 3.11. The molecule has 1 aromatic heterocycles. The SMILES string of the molecule is Cc1cc(C)c2oc(-c3ccc(NC(=O)COc4ccc(Br)cc4)cc3O)nc2c1. The summed E-state index contributed by atoms with van der Waals surface area (Å²) in [5, 5.41) is 13.2. The van der Waals surface area contributed by atoms with Crippen LogP contribution in [0, 0.1) is 13.8 Å². The first-order chi connectivity index (χ1) is 14.4. The normalized spacial score (nSPS) is 10.9. The lowest BCUT2D eigenvalue weighted by Gasteiger charge is -2.09. The fourth-order valence-electron chi connectivity index (χ4n) is 3.16. The summed E-state index contributed by atoms with van der Waals surface area (Å²) in [7, 11) is 0. The summed E-state index contributed by atoms with van der Waals surface area (Å²) >= 11 is 3.35. The summed E-state index contributed by atoms with van der Waals surface area (Å²) in [6.45, 7) is 3.81. The third-order valence-corrected chi connectivity index (χ3v) is 5.04. The molecule has 0 unspecified atom stereocenters. The standard InChI is InChI=1S/C23H19BrN2O4/c1-13-9-14(2)22-19(10-13)26-23(30-22)18-8-5-16(11-20(18)27)25-21(28)12-29-17-6-3-15(24)4-7-17/h3-11,27H,12H2,1-2H3,(H,25,28). The quantitative estimate of drug-likeness (QED) is 0.399. The van der Waals surface area contributed by atoms with Crippen LogP contribution in [0.3, 0.4) is 0 Å². The minimum Gasteiger partial charge on any atom is -0.507 e. The Balaban J connectivity index is 1.47. The van der Waals surface area contributed by atoms with Gasteiger partial charge in [-0.15, -0.1) is 0 Å². The Hall–Kier alpha value is -3.32. The van der Waals surface area contributed by atoms with E-state index in [-0.39, 0.29) is 18.3 Å². The molecule has 0 bridgehead atoms. The monoisotopic (exact) mass is 466 g/mol. The van der Waals surface area contributed by atoms with E-state index < -0.39 is 0 Å². The zero-order valence-electron chi connectivity index (χ0n) is 16.4. The highest BCUT2D eigenvalue weighted by Crippen LogP contribution is 2.34. The number of phenols is 1. The van der Waals surface area contributed by atoms with E-state index in [0.29, 0.717) is 28.5 Å². The van der Waals surface area contributed by atoms with Crippen molar-refractivity contribution in [1.82, 2.24) is 4.98 Å². The molecule has 6 nitrogen and oxygen atoms in total. The number of hydrogen-bond acceptors (Lipinski definition) is 5. The highest BCUT2D eigenvalue weighted by atomic mass is 79.9. The van der Waals surface area contributed by atoms with Gasteiger partial charge in [-0.2, -0.15) is 0 Å². The van der Waals surface area contributed by atoms with E-state index in [0.717, 1.165) is 21.1 Å². The molecule has 2 N–H and O–H groups in total. The Kier molecular flexibility index (Phi) is 5.46. The van der Waals surface area contributed by atoms with Crippen LogP contribution in [0.25, 0.3) is 22.6 Å². The number of benzene rings is 3. The molecule has 1 heterocycles. The Bertz CT molecular complexity index is 1230. The number of amides is 1. The number of rotatable bonds is 5. The van der Waals surface area contributed by atoms with Crippen LogP contribution < -0.4 is 10.1 Å². The molecule has 0 atom stereocenters. The predicted molar refractivity (Wildman–Crippen MR) is 119 cm³/mol. The van der Waals surface area contributed by atoms with Gasteiger partial charge in [0.1, 0.15) is 17.0 Å². The summed E-state index contributed by atoms with van der Waals surface area (Å²) in [4.78, 5) is 16.6. The van der Waals surface area contributed by atoms with E-state index >= 15 is 0 Å². The van der Waals surface area contributed by atoms with Gasteiger partial charge < -0.3 is 19.6 Å². The molecule has 152 valence electrons. The van der Waals surface area contributed by atoms with Crippen LogP contribution in [-0.4, -0.2) is 22.6 Å². The van der Waals surface area contributed by atoms with Crippen molar-refractivity contribution in [2.24, 2.45) is 0 Å². The molecule has 0 aliphatic carbocycles. The second-order valence-corrected chi connectivity index (χ2v) is 7.89. The van der Waals surface area contributed by atoms with Gasteiger partial charge >= 0.3 is 0 Å². The van der Waals surface area contributed by atoms with Crippen molar-refractivity contribution in [3.8, 4) is 23.0 Å². The van der Waals surface area contributed by atoms with Crippen LogP contribution in [0.2, 0.25) is 0 Å². The molecule has 0 saturated heterocycles. The number of phenolic OH excluding ortho intramolecular Hbond substituents is 1. The summed E-state index contributed by atoms with van der Waals surface area (Å²) in [5.41, 5.74) is 4.41. The molecule has 1 amide bonds. The first-order valence-corrected chi connectivity index (χ1v) is 10.1. The number of anilines is 1. The van der Waals surface area contributed by atoms with Crippen LogP contribution in [0.5, 0.6) is 11.5 Å². The Labute approximate surface area is 181 Å². The largest absolute Gasteiger partial charge is 0.507 e. The maximum atomic E-state index is 12.1. The van der Waals surface area contributed by atoms with Crippen molar-refractivity contribution in [3.63, 3.8) is 0 Å². The van der Waals surface area contributed by atoms with Gasteiger partial charge in [-0.1, -0.05) is 22.0 Å². The average molecular weight is 467 g/mol. The van der Waals surface area contributed by atoms with E-state index in [1.165, 1.54) is 6.07 Å². The minimum atomic E-state index is -0.335. The highest BCUT2D eigenvalue weighted by molar-refractivity contribution is 9.10. The van der Waals surface area contributed by atoms with Gasteiger partial charge in [0, 0.05) is 16.2 Å². The summed E-state index contributed by atoms with van der Waals surface area (Å²) in [6, 6.07) is 16.0. The zero-order chi connectivity index (χ0) is 21.3. The van der Waals surface area contributed by atoms with Gasteiger partial charge in [0.2, 0.25) is 5.89 Å². The smallest absolute Gasteiger partial charge is 0.262 e. The molecule has 0 aliphatic heterocycles. The van der Waals surface area contributed by atoms with Crippen molar-refractivity contribution in [2.75, 3.05) is 11.9 Å². The van der Waals surface area contributed by atoms with Crippen LogP contribution in [-0.2, 0) is 4.79 Å². The maximum absolute atomic E-state index is 12.1. The number of ether oxygens (including phenoxy) is 1. The summed E-state index contributed by atoms with van der Waals surface area (Å²) in [6.07, 6.45) is 0. The Morgan fingerprint density at radius 1 is 1.13 bits per heavy atom. The summed E-state index contributed by atoms with van der Waals surface area (Å²) in [5.74, 6) is 0.543. The molecule has 0 spiro atoms. The molecule has 7 heteroatoms. The molecular formula is C23H19BrN2O4. The fraction of sp³-hybridized carbons (Fsp3) is 0.130. The lowest BCUT2D eigenvalue weighted by molar-refractivity contribution is -0.118. The second-order valence-electron chi connectivity index (χ2n) is 6.97. The van der Waals surface area contributed by atoms with Crippen LogP contribution >= 0.6 is 15.9 Å². The first-order valence-electron chi connectivity index (χ1n) is 9.28. The number of halogens is 1. The molecular weight excluding hydrogens is 448 g/mol. The number of fused-ring (bicyclic) bond motifs is 1. The fourth-order valence-corrected chi connectivity index (χ4v) is 3.42. The Morgan fingerprint density at radius 3 is 2.63 bits per heavy atom. The minimum absolute atomic E-state index is 0.0393. The highest BCUT2D eigenvalue weighted by Gasteiger charge is 2.15. The topological polar surface area (TPSA) is 84.6 Å². The van der Waals surface area contributed by atoms with E-state index in [9.17, 15) is 9.90 Å². The number of oxazole rings is 1. The lowest BCUT2D eigenvalue weighted by atomic mass is 10.1. The summed E-state index contributed by atoms with van der Waals surface area (Å²) < 4.78 is 12.2. The number of carbonyl (C=O) groups is 1. The molecule has 0 fully saturated rings. The van der Waals surface area contributed by atoms with Gasteiger partial charge in [-0.05, 0) is 67.4 Å². The van der Waals surface area contributed by atoms with Gasteiger partial charge in [-0.3, -0.25) is 4.79 Å². The number of nitrogens with zero attached hydrogens (tertiary/aromatic N) is 1. The van der Waals surface area contributed by atoms with E-state index in [1.54, 1.807) is 24.3 Å². The molecule has 0 radical (unpaired) electrons. The van der Waals surface area contributed by atoms with Gasteiger partial charge in [0.05, 0.1) is 5.56 Å². The van der Waals surface area contributed by atoms with Crippen molar-refractivity contribution >= 4 is 38.6 Å². The predicted octanol–water partition coefficient (Wildman–Crippen LogP) is 5.60. The third-order valence-electron chi connectivity index (χ3n) is 4.52. The number of hydrogen-bond donors (Lipinski definition) is 2. The van der Waals surface area contributed by atoms with Gasteiger partial charge in [0.15, 0.2) is 12.2 Å². The lowest BCUT2D eigenvalue weighted by Crippen LogP contribution is -2.20. The number of aromatic hydroxyl groups is 1. The third kappa shape index (κ3) is 4.31. The van der Waals surface area contributed by atoms with Gasteiger partial charge in [-0.25, -0.2) is 4.98 Å². The van der Waals surface area contributed by atoms with E-state index in [2.05, 4.69) is 26.2 Å². The van der Waals surface area contributed by atoms with Crippen LogP contribution in [0.15, 0.2) is 63.5 Å². The van der Waals surface area contributed by atoms with Crippen molar-refractivity contribution in [3.05, 3.63) is 70.2 Å². The van der Waals surface area contributed by atoms with E-state index in [4.69, 9.17) is 9.15 Å². The van der Waals surface area contributed by atoms with Crippen LogP contribution in [0.4, 0.5) is 5.69 Å². The van der Waals surface area contributed by atoms with E-state index in [1.807, 2.05) is 38.1 Å². The molecule has 0 saturated carbocycles. The molecule has 0 aliphatic rings. The molecule has 3 aromatic carbocycles. The second kappa shape index (κ2) is 8.20. The molecule has 4 rings (SSSR count). The first kappa shape index (κ1) is 20.0. The van der Waals surface area contributed by atoms with Crippen LogP contribution in [0.1, 0.15) is 11.1 Å². The van der Waals surface area contributed by atoms with Crippen molar-refractivity contribution in [2.45, 2.75) is 13.8 Å².